The van der Waals surface area contributed by atoms with E-state index in [1.165, 1.54) is 6.92 Å². The molecule has 0 aliphatic carbocycles. The van der Waals surface area contributed by atoms with Crippen LogP contribution in [0.2, 0.25) is 0 Å². The maximum absolute atomic E-state index is 13.0. The molecule has 0 radical (unpaired) electrons. The summed E-state index contributed by atoms with van der Waals surface area (Å²) in [4.78, 5) is 36.6. The number of anilines is 4. The monoisotopic (exact) mass is 486 g/mol. The number of hydrogen-bond acceptors (Lipinski definition) is 9. The number of carbonyl (C=O) groups excluding carboxylic acids is 1. The Kier molecular flexibility index (Phi) is 6.72. The molecule has 1 amide bonds. The maximum atomic E-state index is 13.0. The topological polar surface area (TPSA) is 118 Å². The average Bonchev–Trinajstić information content (AvgIpc) is 2.89. The number of halogens is 1. The number of carbonyl (C=O) groups is 1. The lowest BCUT2D eigenvalue weighted by molar-refractivity contribution is -0.112. The summed E-state index contributed by atoms with van der Waals surface area (Å²) in [5.41, 5.74) is 2.81. The summed E-state index contributed by atoms with van der Waals surface area (Å²) in [5.74, 6) is 0.121. The molecule has 5 heterocycles. The van der Waals surface area contributed by atoms with Crippen LogP contribution in [0.25, 0.3) is 22.3 Å². The Morgan fingerprint density at radius 1 is 1.03 bits per heavy atom. The van der Waals surface area contributed by atoms with E-state index < -0.39 is 11.7 Å². The van der Waals surface area contributed by atoms with Crippen LogP contribution < -0.4 is 15.5 Å². The van der Waals surface area contributed by atoms with Crippen LogP contribution >= 0.6 is 0 Å². The van der Waals surface area contributed by atoms with E-state index in [2.05, 4.69) is 40.5 Å². The Morgan fingerprint density at radius 2 is 1.86 bits per heavy atom. The fourth-order valence-electron chi connectivity index (χ4n) is 3.77. The van der Waals surface area contributed by atoms with E-state index in [0.29, 0.717) is 41.8 Å². The second-order valence-corrected chi connectivity index (χ2v) is 8.07. The van der Waals surface area contributed by atoms with Crippen LogP contribution in [0.1, 0.15) is 6.92 Å². The second kappa shape index (κ2) is 10.4. The molecule has 0 atom stereocenters. The van der Waals surface area contributed by atoms with Crippen LogP contribution in [0.4, 0.5) is 27.5 Å². The van der Waals surface area contributed by atoms with Gasteiger partial charge in [0.1, 0.15) is 22.9 Å². The summed E-state index contributed by atoms with van der Waals surface area (Å²) in [6, 6.07) is 8.96. The van der Waals surface area contributed by atoms with Crippen LogP contribution in [0.3, 0.4) is 0 Å². The zero-order valence-corrected chi connectivity index (χ0v) is 19.5. The van der Waals surface area contributed by atoms with Crippen molar-refractivity contribution in [2.75, 3.05) is 41.8 Å². The van der Waals surface area contributed by atoms with Crippen LogP contribution in [-0.2, 0) is 9.53 Å². The molecule has 36 heavy (non-hydrogen) atoms. The Labute approximate surface area is 206 Å². The number of morpholine rings is 1. The molecule has 11 heteroatoms. The van der Waals surface area contributed by atoms with Crippen LogP contribution in [0, 0.1) is 0 Å². The fourth-order valence-corrected chi connectivity index (χ4v) is 3.77. The first-order valence-electron chi connectivity index (χ1n) is 11.3. The summed E-state index contributed by atoms with van der Waals surface area (Å²) in [7, 11) is 0. The second-order valence-electron chi connectivity index (χ2n) is 8.07. The number of fused-ring (bicyclic) bond motifs is 1. The van der Waals surface area contributed by atoms with Crippen molar-refractivity contribution < 1.29 is 13.9 Å². The Balaban J connectivity index is 1.39. The predicted molar refractivity (Wildman–Crippen MR) is 135 cm³/mol. The number of pyridine rings is 3. The maximum Gasteiger partial charge on any atom is 0.250 e. The van der Waals surface area contributed by atoms with Crippen molar-refractivity contribution in [1.82, 2.24) is 24.9 Å². The number of nitrogens with one attached hydrogen (secondary N) is 2. The minimum atomic E-state index is -0.583. The molecule has 4 aromatic rings. The number of hydrogen-bond donors (Lipinski definition) is 2. The van der Waals surface area contributed by atoms with Crippen LogP contribution in [0.5, 0.6) is 0 Å². The molecule has 182 valence electrons. The first kappa shape index (κ1) is 23.2. The van der Waals surface area contributed by atoms with Gasteiger partial charge < -0.3 is 20.3 Å². The zero-order chi connectivity index (χ0) is 24.9. The van der Waals surface area contributed by atoms with Crippen molar-refractivity contribution >= 4 is 40.0 Å². The Bertz CT molecular complexity index is 1420. The van der Waals surface area contributed by atoms with E-state index in [9.17, 15) is 9.18 Å². The van der Waals surface area contributed by atoms with Gasteiger partial charge in [-0.15, -0.1) is 0 Å². The first-order valence-corrected chi connectivity index (χ1v) is 11.3. The number of aromatic nitrogens is 5. The predicted octanol–water partition coefficient (Wildman–Crippen LogP) is 3.87. The van der Waals surface area contributed by atoms with E-state index >= 15 is 0 Å². The molecule has 0 saturated carbocycles. The van der Waals surface area contributed by atoms with Gasteiger partial charge in [0.2, 0.25) is 5.95 Å². The van der Waals surface area contributed by atoms with Crippen molar-refractivity contribution in [3.63, 3.8) is 0 Å². The third kappa shape index (κ3) is 5.41. The normalized spacial score (nSPS) is 14.1. The van der Waals surface area contributed by atoms with Crippen molar-refractivity contribution in [3.8, 4) is 11.4 Å². The lowest BCUT2D eigenvalue weighted by atomic mass is 10.1. The Hall–Kier alpha value is -4.51. The summed E-state index contributed by atoms with van der Waals surface area (Å²) >= 11 is 0. The molecule has 5 rings (SSSR count). The molecule has 0 spiro atoms. The summed E-state index contributed by atoms with van der Waals surface area (Å²) < 4.78 is 18.4. The van der Waals surface area contributed by atoms with Gasteiger partial charge in [-0.1, -0.05) is 0 Å². The van der Waals surface area contributed by atoms with E-state index in [1.807, 2.05) is 18.2 Å². The molecular weight excluding hydrogens is 463 g/mol. The van der Waals surface area contributed by atoms with Gasteiger partial charge in [0.25, 0.3) is 5.91 Å². The molecule has 0 unspecified atom stereocenters. The highest BCUT2D eigenvalue weighted by Crippen LogP contribution is 2.26. The number of ether oxygens (including phenoxy) is 1. The van der Waals surface area contributed by atoms with E-state index in [4.69, 9.17) is 4.74 Å². The number of nitrogens with zero attached hydrogens (tertiary/aromatic N) is 6. The third-order valence-corrected chi connectivity index (χ3v) is 5.44. The van der Waals surface area contributed by atoms with E-state index in [1.54, 1.807) is 36.9 Å². The summed E-state index contributed by atoms with van der Waals surface area (Å²) in [5, 5.41) is 6.58. The fraction of sp³-hybridized carbons (Fsp3) is 0.200. The summed E-state index contributed by atoms with van der Waals surface area (Å²) in [6.45, 7) is 4.23. The largest absolute Gasteiger partial charge is 0.378 e. The Morgan fingerprint density at radius 3 is 2.64 bits per heavy atom. The summed E-state index contributed by atoms with van der Waals surface area (Å²) in [6.07, 6.45) is 7.50. The quantitative estimate of drug-likeness (QED) is 0.392. The lowest BCUT2D eigenvalue weighted by Crippen LogP contribution is -2.36. The highest BCUT2D eigenvalue weighted by atomic mass is 19.1. The number of rotatable bonds is 6. The highest BCUT2D eigenvalue weighted by molar-refractivity contribution is 6.00. The van der Waals surface area contributed by atoms with Gasteiger partial charge in [-0.2, -0.15) is 0 Å². The zero-order valence-electron chi connectivity index (χ0n) is 19.5. The van der Waals surface area contributed by atoms with Gasteiger partial charge in [-0.05, 0) is 37.3 Å². The standard InChI is InChI=1S/C25H23FN8O2/c1-16(26)12-22(35)31-18-5-7-27-20(13-18)24-23-17(4-6-28-24)14-30-25(33-23)32-19-2-3-21(29-15-19)34-8-10-36-11-9-34/h2-7,12-15H,8-11H2,1H3,(H,27,31,35)(H,30,32,33). The molecule has 2 N–H and O–H groups in total. The highest BCUT2D eigenvalue weighted by Gasteiger charge is 2.14. The van der Waals surface area contributed by atoms with E-state index in [-0.39, 0.29) is 0 Å². The molecule has 10 nitrogen and oxygen atoms in total. The van der Waals surface area contributed by atoms with Gasteiger partial charge >= 0.3 is 0 Å². The van der Waals surface area contributed by atoms with Crippen molar-refractivity contribution in [3.05, 3.63) is 67.0 Å². The van der Waals surface area contributed by atoms with Gasteiger partial charge in [-0.3, -0.25) is 14.8 Å². The number of allylic oxidation sites excluding steroid dienone is 1. The third-order valence-electron chi connectivity index (χ3n) is 5.44. The SMILES string of the molecule is CC(F)=CC(=O)Nc1ccnc(-c2nccc3cnc(Nc4ccc(N5CCOCC5)nc4)nc23)c1. The van der Waals surface area contributed by atoms with E-state index in [0.717, 1.165) is 36.1 Å². The minimum Gasteiger partial charge on any atom is -0.378 e. The minimum absolute atomic E-state index is 0.380. The molecule has 0 aromatic carbocycles. The molecule has 1 fully saturated rings. The first-order chi connectivity index (χ1) is 17.5. The molecule has 1 aliphatic heterocycles. The average molecular weight is 487 g/mol. The van der Waals surface area contributed by atoms with Crippen LogP contribution in [-0.4, -0.2) is 57.1 Å². The van der Waals surface area contributed by atoms with Crippen molar-refractivity contribution in [1.29, 1.82) is 0 Å². The molecule has 1 saturated heterocycles. The lowest BCUT2D eigenvalue weighted by Gasteiger charge is -2.27. The van der Waals surface area contributed by atoms with Crippen LogP contribution in [0.15, 0.2) is 67.0 Å². The van der Waals surface area contributed by atoms with Crippen molar-refractivity contribution in [2.24, 2.45) is 0 Å². The smallest absolute Gasteiger partial charge is 0.250 e. The molecular formula is C25H23FN8O2. The molecule has 4 aromatic heterocycles. The van der Waals surface area contributed by atoms with Gasteiger partial charge in [0, 0.05) is 48.8 Å². The molecule has 1 aliphatic rings. The van der Waals surface area contributed by atoms with Gasteiger partial charge in [0.15, 0.2) is 0 Å². The van der Waals surface area contributed by atoms with Gasteiger partial charge in [-0.25, -0.2) is 19.3 Å². The van der Waals surface area contributed by atoms with Crippen molar-refractivity contribution in [2.45, 2.75) is 6.92 Å². The van der Waals surface area contributed by atoms with Gasteiger partial charge in [0.05, 0.1) is 30.8 Å². The molecule has 0 bridgehead atoms. The number of amides is 1.